The van der Waals surface area contributed by atoms with E-state index in [0.29, 0.717) is 13.0 Å². The van der Waals surface area contributed by atoms with Crippen LogP contribution in [0, 0.1) is 23.2 Å². The summed E-state index contributed by atoms with van der Waals surface area (Å²) in [5.74, 6) is -2.57. The molecule has 3 aliphatic rings. The number of hydrogen-bond donors (Lipinski definition) is 5. The van der Waals surface area contributed by atoms with Crippen molar-refractivity contribution in [3.05, 3.63) is 0 Å². The Hall–Kier alpha value is -2.69. The minimum atomic E-state index is -1.09. The Kier molecular flexibility index (Phi) is 7.50. The van der Waals surface area contributed by atoms with E-state index in [1.807, 2.05) is 34.6 Å². The molecule has 196 valence electrons. The Morgan fingerprint density at radius 3 is 2.17 bits per heavy atom. The molecule has 0 aromatic rings. The van der Waals surface area contributed by atoms with Crippen molar-refractivity contribution in [2.24, 2.45) is 34.6 Å². The van der Waals surface area contributed by atoms with Crippen LogP contribution in [0.1, 0.15) is 60.3 Å². The maximum Gasteiger partial charge on any atom is 0.315 e. The number of carbonyl (C=O) groups is 5. The summed E-state index contributed by atoms with van der Waals surface area (Å²) in [7, 11) is 0. The van der Waals surface area contributed by atoms with E-state index < -0.39 is 53.2 Å². The number of ketones is 1. The first-order chi connectivity index (χ1) is 16.2. The van der Waals surface area contributed by atoms with Gasteiger partial charge in [0.1, 0.15) is 12.1 Å². The van der Waals surface area contributed by atoms with Crippen LogP contribution in [0.25, 0.3) is 0 Å². The molecule has 1 heterocycles. The van der Waals surface area contributed by atoms with Crippen molar-refractivity contribution in [2.45, 2.75) is 84.0 Å². The van der Waals surface area contributed by atoms with E-state index in [2.05, 4.69) is 16.0 Å². The Balaban J connectivity index is 1.76. The molecule has 11 nitrogen and oxygen atoms in total. The highest BCUT2D eigenvalue weighted by Crippen LogP contribution is 2.64. The van der Waals surface area contributed by atoms with Crippen LogP contribution in [0.5, 0.6) is 0 Å². The molecule has 2 aliphatic carbocycles. The number of carbonyl (C=O) groups excluding carboxylic acids is 5. The molecule has 3 unspecified atom stereocenters. The summed E-state index contributed by atoms with van der Waals surface area (Å²) in [5.41, 5.74) is 10.4. The number of Topliss-reactive ketones (excluding diaryl/α,β-unsaturated/α-hetero) is 1. The van der Waals surface area contributed by atoms with Gasteiger partial charge in [0.2, 0.25) is 17.6 Å². The zero-order chi connectivity index (χ0) is 26.3. The van der Waals surface area contributed by atoms with Gasteiger partial charge in [-0.2, -0.15) is 0 Å². The van der Waals surface area contributed by atoms with Gasteiger partial charge in [0.15, 0.2) is 0 Å². The maximum atomic E-state index is 13.5. The second-order valence-corrected chi connectivity index (χ2v) is 11.8. The minimum absolute atomic E-state index is 0.0960. The fraction of sp³-hybridized carbons (Fsp3) is 0.792. The second-order valence-electron chi connectivity index (χ2n) is 11.8. The molecule has 35 heavy (non-hydrogen) atoms. The number of nitrogens with two attached hydrogens (primary N) is 2. The topological polar surface area (TPSA) is 177 Å². The van der Waals surface area contributed by atoms with Crippen LogP contribution >= 0.6 is 0 Å². The molecule has 3 fully saturated rings. The molecule has 0 bridgehead atoms. The summed E-state index contributed by atoms with van der Waals surface area (Å²) >= 11 is 0. The lowest BCUT2D eigenvalue weighted by atomic mass is 9.80. The first-order valence-corrected chi connectivity index (χ1v) is 12.4. The standard InChI is InChI=1S/C24H40N6O5/c1-23(2,3)29-22(35)28-15(10-25)21(34)30-11-13-16(24(13,4)5)17(30)20(33)27-14(18(31)19(26)32)9-12-7-6-8-12/h12-17H,6-11,25H2,1-5H3,(H2,26,32)(H,27,33)(H2,28,29,35)/t13?,14?,15-,16?,17-/m0/s1. The number of urea groups is 1. The van der Waals surface area contributed by atoms with Crippen LogP contribution in [0.4, 0.5) is 4.79 Å². The van der Waals surface area contributed by atoms with Gasteiger partial charge in [-0.05, 0) is 50.4 Å². The number of primary amides is 1. The van der Waals surface area contributed by atoms with Gasteiger partial charge in [-0.1, -0.05) is 33.1 Å². The lowest BCUT2D eigenvalue weighted by Gasteiger charge is -2.34. The fourth-order valence-electron chi connectivity index (χ4n) is 5.49. The number of piperidine rings is 1. The quantitative estimate of drug-likeness (QED) is 0.274. The monoisotopic (exact) mass is 492 g/mol. The summed E-state index contributed by atoms with van der Waals surface area (Å²) < 4.78 is 0. The molecule has 0 aromatic carbocycles. The van der Waals surface area contributed by atoms with Gasteiger partial charge in [-0.15, -0.1) is 0 Å². The summed E-state index contributed by atoms with van der Waals surface area (Å²) in [5, 5.41) is 8.08. The molecule has 3 rings (SSSR count). The average Bonchev–Trinajstić information content (AvgIpc) is 3.06. The van der Waals surface area contributed by atoms with E-state index in [1.54, 1.807) is 0 Å². The van der Waals surface area contributed by atoms with Crippen LogP contribution in [0.15, 0.2) is 0 Å². The van der Waals surface area contributed by atoms with Crippen molar-refractivity contribution < 1.29 is 24.0 Å². The maximum absolute atomic E-state index is 13.5. The van der Waals surface area contributed by atoms with Crippen molar-refractivity contribution >= 4 is 29.5 Å². The van der Waals surface area contributed by atoms with Crippen LogP contribution in [0.3, 0.4) is 0 Å². The Morgan fingerprint density at radius 2 is 1.69 bits per heavy atom. The molecule has 2 saturated carbocycles. The smallest absolute Gasteiger partial charge is 0.315 e. The molecule has 0 radical (unpaired) electrons. The zero-order valence-corrected chi connectivity index (χ0v) is 21.3. The minimum Gasteiger partial charge on any atom is -0.363 e. The fourth-order valence-corrected chi connectivity index (χ4v) is 5.49. The van der Waals surface area contributed by atoms with Crippen molar-refractivity contribution in [3.63, 3.8) is 0 Å². The van der Waals surface area contributed by atoms with Gasteiger partial charge in [-0.25, -0.2) is 4.79 Å². The third-order valence-electron chi connectivity index (χ3n) is 7.76. The van der Waals surface area contributed by atoms with E-state index in [1.165, 1.54) is 4.90 Å². The van der Waals surface area contributed by atoms with Gasteiger partial charge < -0.3 is 32.3 Å². The number of rotatable bonds is 9. The van der Waals surface area contributed by atoms with Gasteiger partial charge in [-0.3, -0.25) is 19.2 Å². The predicted octanol–water partition coefficient (Wildman–Crippen LogP) is -0.376. The summed E-state index contributed by atoms with van der Waals surface area (Å²) in [6.07, 6.45) is 3.27. The molecule has 11 heteroatoms. The number of hydrogen-bond acceptors (Lipinski definition) is 6. The molecule has 5 amide bonds. The Morgan fingerprint density at radius 1 is 1.06 bits per heavy atom. The molecule has 5 atom stereocenters. The Labute approximate surface area is 206 Å². The lowest BCUT2D eigenvalue weighted by Crippen LogP contribution is -2.61. The van der Waals surface area contributed by atoms with E-state index in [9.17, 15) is 24.0 Å². The van der Waals surface area contributed by atoms with Gasteiger partial charge in [0, 0.05) is 18.6 Å². The van der Waals surface area contributed by atoms with Crippen LogP contribution in [0.2, 0.25) is 0 Å². The van der Waals surface area contributed by atoms with Gasteiger partial charge >= 0.3 is 6.03 Å². The number of likely N-dealkylation sites (tertiary alicyclic amines) is 1. The molecule has 1 saturated heterocycles. The van der Waals surface area contributed by atoms with E-state index >= 15 is 0 Å². The summed E-state index contributed by atoms with van der Waals surface area (Å²) in [6.45, 7) is 9.75. The second kappa shape index (κ2) is 9.75. The van der Waals surface area contributed by atoms with Crippen molar-refractivity contribution in [1.29, 1.82) is 0 Å². The number of amides is 5. The number of fused-ring (bicyclic) bond motifs is 1. The summed E-state index contributed by atoms with van der Waals surface area (Å²) in [6, 6.07) is -3.37. The molecule has 0 spiro atoms. The van der Waals surface area contributed by atoms with Gasteiger partial charge in [0.05, 0.1) is 6.04 Å². The van der Waals surface area contributed by atoms with Gasteiger partial charge in [0.25, 0.3) is 5.91 Å². The highest BCUT2D eigenvalue weighted by atomic mass is 16.2. The van der Waals surface area contributed by atoms with Crippen molar-refractivity contribution in [3.8, 4) is 0 Å². The lowest BCUT2D eigenvalue weighted by molar-refractivity contribution is -0.143. The van der Waals surface area contributed by atoms with E-state index in [4.69, 9.17) is 11.5 Å². The predicted molar refractivity (Wildman–Crippen MR) is 129 cm³/mol. The Bertz CT molecular complexity index is 893. The molecule has 1 aliphatic heterocycles. The van der Waals surface area contributed by atoms with E-state index in [0.717, 1.165) is 19.3 Å². The van der Waals surface area contributed by atoms with Crippen LogP contribution in [-0.4, -0.2) is 71.2 Å². The number of nitrogens with one attached hydrogen (secondary N) is 3. The SMILES string of the molecule is CC(C)(C)NC(=O)N[C@@H](CN)C(=O)N1CC2C([C@H]1C(=O)NC(CC1CCC1)C(=O)C(N)=O)C2(C)C. The first kappa shape index (κ1) is 26.9. The molecule has 7 N–H and O–H groups in total. The van der Waals surface area contributed by atoms with Crippen molar-refractivity contribution in [1.82, 2.24) is 20.9 Å². The molecular weight excluding hydrogens is 452 g/mol. The first-order valence-electron chi connectivity index (χ1n) is 12.4. The third kappa shape index (κ3) is 5.76. The molecular formula is C24H40N6O5. The normalized spacial score (nSPS) is 26.6. The third-order valence-corrected chi connectivity index (χ3v) is 7.76. The summed E-state index contributed by atoms with van der Waals surface area (Å²) in [4.78, 5) is 64.8. The molecule has 0 aromatic heterocycles. The highest BCUT2D eigenvalue weighted by Gasteiger charge is 2.69. The zero-order valence-electron chi connectivity index (χ0n) is 21.3. The van der Waals surface area contributed by atoms with E-state index in [-0.39, 0.29) is 29.7 Å². The van der Waals surface area contributed by atoms with Crippen LogP contribution < -0.4 is 27.4 Å². The van der Waals surface area contributed by atoms with Crippen LogP contribution in [-0.2, 0) is 19.2 Å². The number of nitrogens with zero attached hydrogens (tertiary/aromatic N) is 1. The largest absolute Gasteiger partial charge is 0.363 e. The van der Waals surface area contributed by atoms with Crippen molar-refractivity contribution in [2.75, 3.05) is 13.1 Å². The highest BCUT2D eigenvalue weighted by molar-refractivity contribution is 6.37. The average molecular weight is 493 g/mol.